The molecular weight excluding hydrogens is 464 g/mol. The first-order chi connectivity index (χ1) is 16.8. The van der Waals surface area contributed by atoms with Gasteiger partial charge in [-0.15, -0.1) is 0 Å². The fourth-order valence-corrected chi connectivity index (χ4v) is 6.21. The molecule has 0 saturated carbocycles. The van der Waals surface area contributed by atoms with Crippen molar-refractivity contribution in [3.05, 3.63) is 59.2 Å². The molecule has 5 rings (SSSR count). The van der Waals surface area contributed by atoms with E-state index >= 15 is 0 Å². The lowest BCUT2D eigenvalue weighted by Gasteiger charge is -2.36. The quantitative estimate of drug-likeness (QED) is 0.663. The zero-order chi connectivity index (χ0) is 24.6. The van der Waals surface area contributed by atoms with Crippen LogP contribution in [0.25, 0.3) is 0 Å². The van der Waals surface area contributed by atoms with E-state index in [9.17, 15) is 13.2 Å². The second-order valence-corrected chi connectivity index (χ2v) is 11.5. The average molecular weight is 497 g/mol. The maximum absolute atomic E-state index is 13.5. The Morgan fingerprint density at radius 3 is 2.66 bits per heavy atom. The molecule has 1 atom stereocenters. The predicted octanol–water partition coefficient (Wildman–Crippen LogP) is 2.42. The molecule has 3 heterocycles. The molecule has 35 heavy (non-hydrogen) atoms. The highest BCUT2D eigenvalue weighted by Gasteiger charge is 2.33. The molecule has 0 aliphatic carbocycles. The van der Waals surface area contributed by atoms with Gasteiger partial charge in [-0.05, 0) is 41.7 Å². The van der Waals surface area contributed by atoms with Gasteiger partial charge in [0.05, 0.1) is 11.5 Å². The topological polar surface area (TPSA) is 91.3 Å². The van der Waals surface area contributed by atoms with Crippen molar-refractivity contribution >= 4 is 21.8 Å². The Labute approximate surface area is 207 Å². The number of benzene rings is 2. The van der Waals surface area contributed by atoms with Crippen molar-refractivity contribution in [1.82, 2.24) is 14.5 Å². The van der Waals surface area contributed by atoms with Crippen molar-refractivity contribution in [1.29, 1.82) is 0 Å². The average Bonchev–Trinajstić information content (AvgIpc) is 3.40. The summed E-state index contributed by atoms with van der Waals surface area (Å²) in [7, 11) is -3.64. The normalized spacial score (nSPS) is 20.9. The number of piperazine rings is 1. The lowest BCUT2D eigenvalue weighted by Crippen LogP contribution is -2.51. The summed E-state index contributed by atoms with van der Waals surface area (Å²) in [6, 6.07) is 12.5. The molecule has 1 fully saturated rings. The second-order valence-electron chi connectivity index (χ2n) is 9.87. The highest BCUT2D eigenvalue weighted by atomic mass is 32.2. The molecule has 9 heteroatoms. The number of nitrogens with one attached hydrogen (secondary N) is 1. The number of aliphatic imine (C=N–C) groups is 1. The van der Waals surface area contributed by atoms with Crippen LogP contribution in [-0.2, 0) is 27.8 Å². The maximum atomic E-state index is 13.5. The van der Waals surface area contributed by atoms with E-state index in [0.29, 0.717) is 25.1 Å². The van der Waals surface area contributed by atoms with Gasteiger partial charge in [0.2, 0.25) is 5.91 Å². The SMILES string of the molecule is CC(C)CC(N=C1NS(=O)(=O)c2ccccc21)C(=O)N1CCN(Cc2ccc3c(c2)CCO3)CC1. The minimum atomic E-state index is -3.64. The molecule has 2 aromatic carbocycles. The van der Waals surface area contributed by atoms with Gasteiger partial charge in [-0.1, -0.05) is 38.1 Å². The number of carbonyl (C=O) groups is 1. The van der Waals surface area contributed by atoms with Crippen LogP contribution in [0.4, 0.5) is 0 Å². The van der Waals surface area contributed by atoms with Gasteiger partial charge in [0.25, 0.3) is 10.0 Å². The molecule has 0 radical (unpaired) electrons. The monoisotopic (exact) mass is 496 g/mol. The molecule has 186 valence electrons. The van der Waals surface area contributed by atoms with E-state index in [1.54, 1.807) is 24.3 Å². The summed E-state index contributed by atoms with van der Waals surface area (Å²) in [5.74, 6) is 1.46. The van der Waals surface area contributed by atoms with Crippen LogP contribution in [0.3, 0.4) is 0 Å². The van der Waals surface area contributed by atoms with Crippen molar-refractivity contribution in [2.24, 2.45) is 10.9 Å². The van der Waals surface area contributed by atoms with Crippen molar-refractivity contribution in [3.8, 4) is 5.75 Å². The Hall–Kier alpha value is -2.91. The van der Waals surface area contributed by atoms with Crippen LogP contribution in [0.15, 0.2) is 52.4 Å². The zero-order valence-corrected chi connectivity index (χ0v) is 21.1. The van der Waals surface area contributed by atoms with Crippen LogP contribution in [0, 0.1) is 5.92 Å². The van der Waals surface area contributed by atoms with Gasteiger partial charge >= 0.3 is 0 Å². The smallest absolute Gasteiger partial charge is 0.263 e. The fraction of sp³-hybridized carbons (Fsp3) is 0.462. The molecule has 1 N–H and O–H groups in total. The summed E-state index contributed by atoms with van der Waals surface area (Å²) < 4.78 is 33.1. The van der Waals surface area contributed by atoms with E-state index in [4.69, 9.17) is 4.74 Å². The van der Waals surface area contributed by atoms with Crippen LogP contribution in [0.1, 0.15) is 37.0 Å². The van der Waals surface area contributed by atoms with E-state index in [-0.39, 0.29) is 22.6 Å². The molecule has 2 aromatic rings. The van der Waals surface area contributed by atoms with Gasteiger partial charge in [-0.3, -0.25) is 19.4 Å². The molecule has 8 nitrogen and oxygen atoms in total. The summed E-state index contributed by atoms with van der Waals surface area (Å²) in [6.45, 7) is 8.56. The Morgan fingerprint density at radius 2 is 1.89 bits per heavy atom. The molecule has 0 bridgehead atoms. The highest BCUT2D eigenvalue weighted by molar-refractivity contribution is 7.90. The Balaban J connectivity index is 1.26. The van der Waals surface area contributed by atoms with Crippen molar-refractivity contribution in [2.75, 3.05) is 32.8 Å². The lowest BCUT2D eigenvalue weighted by molar-refractivity contribution is -0.134. The van der Waals surface area contributed by atoms with Gasteiger partial charge in [0, 0.05) is 44.7 Å². The Morgan fingerprint density at radius 1 is 1.11 bits per heavy atom. The summed E-state index contributed by atoms with van der Waals surface area (Å²) >= 11 is 0. The third-order valence-electron chi connectivity index (χ3n) is 6.77. The summed E-state index contributed by atoms with van der Waals surface area (Å²) in [5, 5.41) is 0. The number of amidine groups is 1. The number of carbonyl (C=O) groups excluding carboxylic acids is 1. The van der Waals surface area contributed by atoms with Crippen molar-refractivity contribution in [2.45, 2.75) is 44.2 Å². The molecular formula is C26H32N4O4S. The second kappa shape index (κ2) is 9.62. The number of amides is 1. The number of ether oxygens (including phenoxy) is 1. The Bertz CT molecular complexity index is 1250. The lowest BCUT2D eigenvalue weighted by atomic mass is 10.0. The Kier molecular flexibility index (Phi) is 6.55. The van der Waals surface area contributed by atoms with Gasteiger partial charge in [0.15, 0.2) is 0 Å². The van der Waals surface area contributed by atoms with Crippen molar-refractivity contribution < 1.29 is 17.9 Å². The standard InChI is InChI=1S/C26H32N4O4S/c1-18(2)15-22(27-25-21-5-3-4-6-24(21)35(32,33)28-25)26(31)30-12-10-29(11-13-30)17-19-7-8-23-20(16-19)9-14-34-23/h3-8,16,18,22H,9-15,17H2,1-2H3,(H,27,28). The van der Waals surface area contributed by atoms with Gasteiger partial charge in [0.1, 0.15) is 17.6 Å². The number of rotatable bonds is 6. The van der Waals surface area contributed by atoms with Gasteiger partial charge in [-0.2, -0.15) is 0 Å². The third kappa shape index (κ3) is 5.06. The molecule has 1 saturated heterocycles. The van der Waals surface area contributed by atoms with Crippen LogP contribution < -0.4 is 9.46 Å². The summed E-state index contributed by atoms with van der Waals surface area (Å²) in [6.07, 6.45) is 1.52. The van der Waals surface area contributed by atoms with Crippen LogP contribution in [0.5, 0.6) is 5.75 Å². The number of hydrogen-bond acceptors (Lipinski definition) is 6. The summed E-state index contributed by atoms with van der Waals surface area (Å²) in [4.78, 5) is 22.6. The first kappa shape index (κ1) is 23.8. The zero-order valence-electron chi connectivity index (χ0n) is 20.2. The summed E-state index contributed by atoms with van der Waals surface area (Å²) in [5.41, 5.74) is 3.07. The van der Waals surface area contributed by atoms with E-state index in [1.165, 1.54) is 11.1 Å². The highest BCUT2D eigenvalue weighted by Crippen LogP contribution is 2.27. The predicted molar refractivity (Wildman–Crippen MR) is 134 cm³/mol. The first-order valence-corrected chi connectivity index (χ1v) is 13.7. The maximum Gasteiger partial charge on any atom is 0.263 e. The van der Waals surface area contributed by atoms with Gasteiger partial charge in [-0.25, -0.2) is 8.42 Å². The van der Waals surface area contributed by atoms with Crippen molar-refractivity contribution in [3.63, 3.8) is 0 Å². The number of nitrogens with zero attached hydrogens (tertiary/aromatic N) is 3. The van der Waals surface area contributed by atoms with E-state index in [0.717, 1.165) is 38.4 Å². The van der Waals surface area contributed by atoms with E-state index in [2.05, 4.69) is 32.8 Å². The van der Waals surface area contributed by atoms with Crippen LogP contribution in [0.2, 0.25) is 0 Å². The number of sulfonamides is 1. The fourth-order valence-electron chi connectivity index (χ4n) is 4.97. The van der Waals surface area contributed by atoms with E-state index in [1.807, 2.05) is 18.7 Å². The minimum absolute atomic E-state index is 0.0379. The molecule has 1 amide bonds. The van der Waals surface area contributed by atoms with Gasteiger partial charge < -0.3 is 9.64 Å². The van der Waals surface area contributed by atoms with Crippen LogP contribution in [-0.4, -0.2) is 68.8 Å². The molecule has 0 spiro atoms. The molecule has 3 aliphatic heterocycles. The number of fused-ring (bicyclic) bond motifs is 2. The molecule has 0 aromatic heterocycles. The third-order valence-corrected chi connectivity index (χ3v) is 8.17. The van der Waals surface area contributed by atoms with E-state index < -0.39 is 16.1 Å². The molecule has 3 aliphatic rings. The first-order valence-electron chi connectivity index (χ1n) is 12.3. The minimum Gasteiger partial charge on any atom is -0.493 e. The largest absolute Gasteiger partial charge is 0.493 e. The van der Waals surface area contributed by atoms with Crippen LogP contribution >= 0.6 is 0 Å². The molecule has 1 unspecified atom stereocenters. The number of hydrogen-bond donors (Lipinski definition) is 1.